The minimum atomic E-state index is 0.519. The van der Waals surface area contributed by atoms with Crippen LogP contribution in [-0.4, -0.2) is 23.8 Å². The first-order valence-electron chi connectivity index (χ1n) is 7.53. The topological polar surface area (TPSA) is 66.5 Å². The van der Waals surface area contributed by atoms with Gasteiger partial charge in [0.2, 0.25) is 5.13 Å². The molecule has 1 aliphatic rings. The zero-order valence-electron chi connectivity index (χ0n) is 12.9. The lowest BCUT2D eigenvalue weighted by molar-refractivity contribution is 0.625. The number of nitrogens with zero attached hydrogens (tertiary/aromatic N) is 3. The van der Waals surface area contributed by atoms with E-state index in [9.17, 15) is 0 Å². The lowest BCUT2D eigenvalue weighted by atomic mass is 9.98. The second kappa shape index (κ2) is 6.36. The van der Waals surface area contributed by atoms with Crippen molar-refractivity contribution in [3.63, 3.8) is 0 Å². The van der Waals surface area contributed by atoms with E-state index >= 15 is 0 Å². The van der Waals surface area contributed by atoms with E-state index in [1.54, 1.807) is 5.38 Å². The third kappa shape index (κ3) is 3.22. The van der Waals surface area contributed by atoms with Crippen LogP contribution in [0.4, 0.5) is 16.6 Å². The summed E-state index contributed by atoms with van der Waals surface area (Å²) in [6, 6.07) is 7.08. The first-order valence-corrected chi connectivity index (χ1v) is 8.41. The second-order valence-corrected chi connectivity index (χ2v) is 6.58. The zero-order valence-corrected chi connectivity index (χ0v) is 13.7. The highest BCUT2D eigenvalue weighted by Crippen LogP contribution is 2.29. The van der Waals surface area contributed by atoms with Crippen molar-refractivity contribution in [3.8, 4) is 0 Å². The molecule has 1 aromatic carbocycles. The smallest absolute Gasteiger partial charge is 0.205 e. The Morgan fingerprint density at radius 3 is 3.05 bits per heavy atom. The Balaban J connectivity index is 1.73. The monoisotopic (exact) mass is 315 g/mol. The lowest BCUT2D eigenvalue weighted by Crippen LogP contribution is -2.35. The van der Waals surface area contributed by atoms with Crippen molar-refractivity contribution in [1.29, 1.82) is 0 Å². The van der Waals surface area contributed by atoms with Gasteiger partial charge in [-0.1, -0.05) is 6.07 Å². The van der Waals surface area contributed by atoms with Crippen molar-refractivity contribution in [1.82, 2.24) is 4.98 Å². The Morgan fingerprint density at radius 1 is 1.45 bits per heavy atom. The number of fused-ring (bicyclic) bond motifs is 1. The van der Waals surface area contributed by atoms with Crippen LogP contribution in [0.3, 0.4) is 0 Å². The van der Waals surface area contributed by atoms with Crippen LogP contribution in [0.5, 0.6) is 0 Å². The van der Waals surface area contributed by atoms with Crippen molar-refractivity contribution in [2.75, 3.05) is 22.6 Å². The maximum Gasteiger partial charge on any atom is 0.205 e. The number of benzene rings is 1. The highest BCUT2D eigenvalue weighted by atomic mass is 32.1. The fraction of sp³-hybridized carbons (Fsp3) is 0.375. The van der Waals surface area contributed by atoms with Crippen molar-refractivity contribution >= 4 is 34.2 Å². The number of hydrogen-bond donors (Lipinski definition) is 2. The van der Waals surface area contributed by atoms with Crippen LogP contribution in [0, 0.1) is 0 Å². The maximum atomic E-state index is 5.58. The van der Waals surface area contributed by atoms with Gasteiger partial charge in [0.05, 0.1) is 6.21 Å². The fourth-order valence-electron chi connectivity index (χ4n) is 2.76. The van der Waals surface area contributed by atoms with E-state index in [4.69, 9.17) is 5.73 Å². The maximum absolute atomic E-state index is 5.58. The van der Waals surface area contributed by atoms with Crippen LogP contribution in [-0.2, 0) is 6.42 Å². The number of thiazole rings is 1. The molecule has 2 aromatic rings. The van der Waals surface area contributed by atoms with Gasteiger partial charge in [0.1, 0.15) is 5.82 Å². The van der Waals surface area contributed by atoms with Crippen LogP contribution in [0.25, 0.3) is 0 Å². The highest BCUT2D eigenvalue weighted by molar-refractivity contribution is 7.14. The Morgan fingerprint density at radius 2 is 2.32 bits per heavy atom. The Kier molecular flexibility index (Phi) is 4.29. The number of hydrogen-bond acceptors (Lipinski definition) is 6. The third-order valence-corrected chi connectivity index (χ3v) is 4.54. The van der Waals surface area contributed by atoms with E-state index in [0.29, 0.717) is 17.0 Å². The summed E-state index contributed by atoms with van der Waals surface area (Å²) in [5, 5.41) is 6.73. The normalized spacial score (nSPS) is 14.6. The molecule has 0 atom stereocenters. The first kappa shape index (κ1) is 14.8. The van der Waals surface area contributed by atoms with Gasteiger partial charge in [-0.2, -0.15) is 5.10 Å². The Hall–Kier alpha value is -2.08. The molecule has 6 heteroatoms. The van der Waals surface area contributed by atoms with E-state index in [-0.39, 0.29) is 0 Å². The molecule has 0 saturated heterocycles. The molecule has 5 nitrogen and oxygen atoms in total. The standard InChI is InChI=1S/C16H21N5S/c1-11(2)21-7-3-4-13-8-12(5-6-14(13)21)9-18-20-16-19-15(17)10-22-16/h5-6,8-11H,3-4,7,17H2,1-2H3,(H,19,20). The van der Waals surface area contributed by atoms with Crippen molar-refractivity contribution in [3.05, 3.63) is 34.7 Å². The number of rotatable bonds is 4. The minimum Gasteiger partial charge on any atom is -0.383 e. The summed E-state index contributed by atoms with van der Waals surface area (Å²) in [7, 11) is 0. The van der Waals surface area contributed by atoms with Crippen molar-refractivity contribution in [2.24, 2.45) is 5.10 Å². The predicted octanol–water partition coefficient (Wildman–Crippen LogP) is 3.33. The van der Waals surface area contributed by atoms with E-state index < -0.39 is 0 Å². The summed E-state index contributed by atoms with van der Waals surface area (Å²) in [5.74, 6) is 0.519. The molecule has 116 valence electrons. The Labute approximate surface area is 134 Å². The number of aromatic nitrogens is 1. The third-order valence-electron chi connectivity index (χ3n) is 3.78. The minimum absolute atomic E-state index is 0.519. The predicted molar refractivity (Wildman–Crippen MR) is 95.0 cm³/mol. The first-order chi connectivity index (χ1) is 10.6. The molecule has 0 unspecified atom stereocenters. The number of nitrogens with one attached hydrogen (secondary N) is 1. The number of nitrogen functional groups attached to an aromatic ring is 1. The number of hydrazone groups is 1. The summed E-state index contributed by atoms with van der Waals surface area (Å²) in [6.07, 6.45) is 4.17. The van der Waals surface area contributed by atoms with Crippen LogP contribution < -0.4 is 16.1 Å². The van der Waals surface area contributed by atoms with Crippen LogP contribution in [0.2, 0.25) is 0 Å². The van der Waals surface area contributed by atoms with Gasteiger partial charge in [-0.05, 0) is 49.9 Å². The van der Waals surface area contributed by atoms with E-state index in [2.05, 4.69) is 52.5 Å². The van der Waals surface area contributed by atoms with Gasteiger partial charge < -0.3 is 10.6 Å². The summed E-state index contributed by atoms with van der Waals surface area (Å²) in [4.78, 5) is 6.57. The van der Waals surface area contributed by atoms with Crippen molar-refractivity contribution < 1.29 is 0 Å². The summed E-state index contributed by atoms with van der Waals surface area (Å²) in [5.41, 5.74) is 12.3. The number of aryl methyl sites for hydroxylation is 1. The molecule has 0 aliphatic carbocycles. The average Bonchev–Trinajstić information content (AvgIpc) is 2.92. The van der Waals surface area contributed by atoms with Gasteiger partial charge in [-0.3, -0.25) is 5.43 Å². The lowest BCUT2D eigenvalue weighted by Gasteiger charge is -2.34. The molecule has 1 aliphatic heterocycles. The second-order valence-electron chi connectivity index (χ2n) is 5.73. The Bertz CT molecular complexity index is 677. The SMILES string of the molecule is CC(C)N1CCCc2cc(C=NNc3nc(N)cs3)ccc21. The van der Waals surface area contributed by atoms with E-state index in [1.807, 2.05) is 6.21 Å². The molecule has 3 rings (SSSR count). The van der Waals surface area contributed by atoms with Gasteiger partial charge in [-0.25, -0.2) is 4.98 Å². The average molecular weight is 315 g/mol. The van der Waals surface area contributed by atoms with Gasteiger partial charge >= 0.3 is 0 Å². The van der Waals surface area contributed by atoms with Crippen molar-refractivity contribution in [2.45, 2.75) is 32.7 Å². The molecule has 2 heterocycles. The quantitative estimate of drug-likeness (QED) is 0.671. The molecule has 0 saturated carbocycles. The highest BCUT2D eigenvalue weighted by Gasteiger charge is 2.18. The van der Waals surface area contributed by atoms with Crippen LogP contribution >= 0.6 is 11.3 Å². The molecule has 3 N–H and O–H groups in total. The molecule has 0 bridgehead atoms. The fourth-order valence-corrected chi connectivity index (χ4v) is 3.31. The van der Waals surface area contributed by atoms with E-state index in [1.165, 1.54) is 29.0 Å². The molecular weight excluding hydrogens is 294 g/mol. The summed E-state index contributed by atoms with van der Waals surface area (Å²) >= 11 is 1.44. The molecule has 0 spiro atoms. The van der Waals surface area contributed by atoms with Crippen LogP contribution in [0.1, 0.15) is 31.4 Å². The van der Waals surface area contributed by atoms with Gasteiger partial charge in [0.15, 0.2) is 0 Å². The van der Waals surface area contributed by atoms with E-state index in [0.717, 1.165) is 18.5 Å². The number of nitrogens with two attached hydrogens (primary N) is 1. The summed E-state index contributed by atoms with van der Waals surface area (Å²) < 4.78 is 0. The summed E-state index contributed by atoms with van der Waals surface area (Å²) in [6.45, 7) is 5.63. The van der Waals surface area contributed by atoms with Gasteiger partial charge in [0.25, 0.3) is 0 Å². The zero-order chi connectivity index (χ0) is 15.5. The molecule has 0 amide bonds. The molecule has 0 fully saturated rings. The largest absolute Gasteiger partial charge is 0.383 e. The molecule has 0 radical (unpaired) electrons. The molecular formula is C16H21N5S. The number of anilines is 3. The van der Waals surface area contributed by atoms with Gasteiger partial charge in [-0.15, -0.1) is 11.3 Å². The van der Waals surface area contributed by atoms with Crippen LogP contribution in [0.15, 0.2) is 28.7 Å². The molecule has 22 heavy (non-hydrogen) atoms. The van der Waals surface area contributed by atoms with Gasteiger partial charge in [0, 0.05) is 23.7 Å². The molecule has 1 aromatic heterocycles.